The number of halogens is 3. The maximum atomic E-state index is 12.8. The van der Waals surface area contributed by atoms with Crippen LogP contribution in [0.1, 0.15) is 83.5 Å². The first-order valence-corrected chi connectivity index (χ1v) is 21.1. The number of aryl methyl sites for hydroxylation is 1. The van der Waals surface area contributed by atoms with E-state index in [1.807, 2.05) is 13.8 Å². The molecular formula is C39H53F3N10O12S. The van der Waals surface area contributed by atoms with Crippen LogP contribution >= 0.6 is 0 Å². The number of anilines is 3. The molecule has 358 valence electrons. The molecule has 1 saturated heterocycles. The van der Waals surface area contributed by atoms with E-state index < -0.39 is 73.2 Å². The molecule has 5 rings (SSSR count). The summed E-state index contributed by atoms with van der Waals surface area (Å²) in [6.45, 7) is 9.01. The lowest BCUT2D eigenvalue weighted by Crippen LogP contribution is -2.32. The Balaban J connectivity index is 0.000000404. The molecule has 0 unspecified atom stereocenters. The van der Waals surface area contributed by atoms with Crippen molar-refractivity contribution in [1.29, 1.82) is 0 Å². The molecule has 1 aromatic carbocycles. The van der Waals surface area contributed by atoms with Gasteiger partial charge in [0.25, 0.3) is 0 Å². The van der Waals surface area contributed by atoms with Crippen LogP contribution in [-0.4, -0.2) is 88.7 Å². The van der Waals surface area contributed by atoms with Crippen LogP contribution in [0.2, 0.25) is 0 Å². The van der Waals surface area contributed by atoms with Gasteiger partial charge in [0.05, 0.1) is 29.7 Å². The van der Waals surface area contributed by atoms with E-state index in [4.69, 9.17) is 34.6 Å². The van der Waals surface area contributed by atoms with Gasteiger partial charge in [-0.1, -0.05) is 57.9 Å². The van der Waals surface area contributed by atoms with Crippen molar-refractivity contribution in [1.82, 2.24) is 24.9 Å². The molecule has 1 aliphatic rings. The molecule has 22 nitrogen and oxygen atoms in total. The molecule has 26 heteroatoms. The first-order chi connectivity index (χ1) is 30.3. The number of ether oxygens (including phenoxy) is 4. The van der Waals surface area contributed by atoms with Gasteiger partial charge in [-0.05, 0) is 63.3 Å². The van der Waals surface area contributed by atoms with Gasteiger partial charge in [0.2, 0.25) is 17.5 Å². The minimum absolute atomic E-state index is 0. The average molecular weight is 943 g/mol. The number of hydrogen-bond donors (Lipinski definition) is 2. The van der Waals surface area contributed by atoms with Crippen molar-refractivity contribution < 1.29 is 59.4 Å². The monoisotopic (exact) mass is 942 g/mol. The number of hydrogen-bond acceptors (Lipinski definition) is 20. The summed E-state index contributed by atoms with van der Waals surface area (Å²) in [6.07, 6.45) is 1.89. The van der Waals surface area contributed by atoms with Crippen molar-refractivity contribution in [2.24, 2.45) is 0 Å². The minimum atomic E-state index is -4.63. The number of carbonyl (C=O) groups excluding carboxylic acids is 1. The molecule has 4 aromatic rings. The highest BCUT2D eigenvalue weighted by Crippen LogP contribution is 2.35. The zero-order valence-electron chi connectivity index (χ0n) is 35.4. The van der Waals surface area contributed by atoms with Crippen LogP contribution in [-0.2, 0) is 37.1 Å². The Labute approximate surface area is 373 Å². The molecule has 0 spiro atoms. The number of carbonyl (C=O) groups is 1. The van der Waals surface area contributed by atoms with E-state index in [0.717, 1.165) is 54.8 Å². The molecule has 1 fully saturated rings. The Morgan fingerprint density at radius 3 is 1.88 bits per heavy atom. The van der Waals surface area contributed by atoms with Gasteiger partial charge < -0.3 is 39.5 Å². The van der Waals surface area contributed by atoms with Crippen LogP contribution in [0.4, 0.5) is 42.0 Å². The number of aromatic nitrogens is 5. The van der Waals surface area contributed by atoms with E-state index >= 15 is 0 Å². The van der Waals surface area contributed by atoms with E-state index in [2.05, 4.69) is 24.9 Å². The number of nitro groups is 2. The first kappa shape index (κ1) is 54.4. The molecule has 0 radical (unpaired) electrons. The van der Waals surface area contributed by atoms with Gasteiger partial charge in [-0.3, -0.25) is 30.0 Å². The van der Waals surface area contributed by atoms with Crippen LogP contribution in [0.5, 0.6) is 17.9 Å². The minimum Gasteiger partial charge on any atom is -0.465 e. The van der Waals surface area contributed by atoms with Gasteiger partial charge in [-0.25, -0.2) is 0 Å². The summed E-state index contributed by atoms with van der Waals surface area (Å²) < 4.78 is 88.6. The molecule has 0 saturated carbocycles. The lowest BCUT2D eigenvalue weighted by Gasteiger charge is -2.23. The molecule has 3 aromatic heterocycles. The fourth-order valence-corrected chi connectivity index (χ4v) is 5.97. The van der Waals surface area contributed by atoms with Crippen molar-refractivity contribution in [3.8, 4) is 17.9 Å². The molecule has 1 aliphatic heterocycles. The fraction of sp³-hybridized carbons (Fsp3) is 0.487. The van der Waals surface area contributed by atoms with Gasteiger partial charge in [0.1, 0.15) is 17.1 Å². The fourth-order valence-electron chi connectivity index (χ4n) is 5.08. The second kappa shape index (κ2) is 26.2. The summed E-state index contributed by atoms with van der Waals surface area (Å²) in [5.41, 5.74) is 9.76. The summed E-state index contributed by atoms with van der Waals surface area (Å²) >= 11 is 0. The summed E-state index contributed by atoms with van der Waals surface area (Å²) in [5, 5.41) is 22.9. The number of nitrogen functional groups attached to an aromatic ring is 2. The number of rotatable bonds is 19. The molecular weight excluding hydrogens is 890 g/mol. The number of esters is 1. The van der Waals surface area contributed by atoms with E-state index in [9.17, 15) is 46.6 Å². The van der Waals surface area contributed by atoms with Crippen molar-refractivity contribution >= 4 is 44.9 Å². The van der Waals surface area contributed by atoms with Crippen molar-refractivity contribution in [2.75, 3.05) is 55.9 Å². The van der Waals surface area contributed by atoms with E-state index in [-0.39, 0.29) is 62.1 Å². The molecule has 0 atom stereocenters. The van der Waals surface area contributed by atoms with Gasteiger partial charge in [-0.2, -0.15) is 41.5 Å². The third-order valence-electron chi connectivity index (χ3n) is 8.29. The van der Waals surface area contributed by atoms with Crippen LogP contribution in [0.3, 0.4) is 0 Å². The number of alkyl halides is 3. The van der Waals surface area contributed by atoms with Crippen LogP contribution in [0.15, 0.2) is 47.5 Å². The number of benzene rings is 1. The van der Waals surface area contributed by atoms with E-state index in [1.54, 1.807) is 26.0 Å². The van der Waals surface area contributed by atoms with Crippen LogP contribution in [0.25, 0.3) is 0 Å². The zero-order chi connectivity index (χ0) is 47.5. The topological polar surface area (TPSA) is 303 Å². The Morgan fingerprint density at radius 1 is 0.862 bits per heavy atom. The summed E-state index contributed by atoms with van der Waals surface area (Å²) in [6, 6.07) is 7.15. The van der Waals surface area contributed by atoms with E-state index in [1.165, 1.54) is 25.0 Å². The maximum Gasteiger partial charge on any atom is 0.433 e. The van der Waals surface area contributed by atoms with Gasteiger partial charge in [0, 0.05) is 26.0 Å². The molecule has 4 N–H and O–H groups in total. The third kappa shape index (κ3) is 17.4. The van der Waals surface area contributed by atoms with Crippen LogP contribution < -0.4 is 30.0 Å². The molecule has 0 amide bonds. The maximum absolute atomic E-state index is 12.8. The third-order valence-corrected chi connectivity index (χ3v) is 9.52. The highest BCUT2D eigenvalue weighted by molar-refractivity contribution is 7.87. The van der Waals surface area contributed by atoms with Crippen molar-refractivity contribution in [3.63, 3.8) is 0 Å². The second-order valence-electron chi connectivity index (χ2n) is 13.4. The Morgan fingerprint density at radius 2 is 1.42 bits per heavy atom. The quantitative estimate of drug-likeness (QED) is 0.0321. The van der Waals surface area contributed by atoms with Gasteiger partial charge in [0.15, 0.2) is 0 Å². The lowest BCUT2D eigenvalue weighted by molar-refractivity contribution is -0.385. The first-order valence-electron chi connectivity index (χ1n) is 19.7. The predicted molar refractivity (Wildman–Crippen MR) is 230 cm³/mol. The molecule has 65 heavy (non-hydrogen) atoms. The lowest BCUT2D eigenvalue weighted by atomic mass is 10.2. The SMILES string of the molecule is C.C1CCOC1.CCCCOc1nc(N)c([N+](=O)[O-])c(N(CC(=O)OCC)Cc2ccc(C(F)(F)F)nc2)n1.CCCCOc1nc(N)c([N+](=O)[O-])c(OS(=O)(=O)c2ccc(C)cc2)n1. The Kier molecular flexibility index (Phi) is 21.9. The highest BCUT2D eigenvalue weighted by atomic mass is 32.2. The summed E-state index contributed by atoms with van der Waals surface area (Å²) in [7, 11) is -4.35. The number of unbranched alkanes of at least 4 members (excludes halogenated alkanes) is 2. The summed E-state index contributed by atoms with van der Waals surface area (Å²) in [5.74, 6) is -2.92. The van der Waals surface area contributed by atoms with Gasteiger partial charge in [-0.15, -0.1) is 0 Å². The Bertz CT molecular complexity index is 2260. The zero-order valence-corrected chi connectivity index (χ0v) is 36.2. The molecule has 0 aliphatic carbocycles. The number of pyridine rings is 1. The standard InChI is InChI=1S/C19H23F3N6O5.C15H18N4O6S.C4H8O.CH4/c1-3-5-8-33-18-25-16(23)15(28(30)31)17(26-18)27(11-14(29)32-4-2)10-12-6-7-13(24-9-12)19(20,21)22;1-3-4-9-24-15-17-13(16)12(19(20)21)14(18-15)25-26(22,23)11-7-5-10(2)6-8-11;1-2-4-5-3-1;/h6-7,9H,3-5,8,10-11H2,1-2H3,(H2,23,25,26);5-8H,3-4,9H2,1-2H3,(H2,16,17,18);1-4H2;1H4. The van der Waals surface area contributed by atoms with Gasteiger partial charge >= 0.3 is 51.5 Å². The molecule has 4 heterocycles. The summed E-state index contributed by atoms with van der Waals surface area (Å²) in [4.78, 5) is 52.9. The van der Waals surface area contributed by atoms with Crippen LogP contribution in [0, 0.1) is 27.2 Å². The van der Waals surface area contributed by atoms with Crippen molar-refractivity contribution in [2.45, 2.75) is 91.3 Å². The molecule has 0 bridgehead atoms. The average Bonchev–Trinajstić information content (AvgIpc) is 3.81. The largest absolute Gasteiger partial charge is 0.465 e. The Hall–Kier alpha value is -6.70. The second-order valence-corrected chi connectivity index (χ2v) is 15.0. The van der Waals surface area contributed by atoms with E-state index in [0.29, 0.717) is 12.8 Å². The normalized spacial score (nSPS) is 12.0. The smallest absolute Gasteiger partial charge is 0.433 e. The number of nitrogens with two attached hydrogens (primary N) is 2. The number of nitrogens with zero attached hydrogens (tertiary/aromatic N) is 8. The van der Waals surface area contributed by atoms with Crippen molar-refractivity contribution in [3.05, 3.63) is 79.6 Å². The highest BCUT2D eigenvalue weighted by Gasteiger charge is 2.34. The predicted octanol–water partition coefficient (Wildman–Crippen LogP) is 6.78.